The van der Waals surface area contributed by atoms with Gasteiger partial charge in [-0.3, -0.25) is 4.79 Å². The molecule has 1 aromatic carbocycles. The molecule has 0 saturated carbocycles. The Morgan fingerprint density at radius 1 is 1.25 bits per heavy atom. The summed E-state index contributed by atoms with van der Waals surface area (Å²) in [4.78, 5) is 13.1. The van der Waals surface area contributed by atoms with Gasteiger partial charge < -0.3 is 11.1 Å². The van der Waals surface area contributed by atoms with Gasteiger partial charge in [0.2, 0.25) is 15.9 Å². The molecule has 1 amide bonds. The van der Waals surface area contributed by atoms with Gasteiger partial charge in [-0.2, -0.15) is 0 Å². The topological polar surface area (TPSA) is 101 Å². The van der Waals surface area contributed by atoms with Crippen molar-refractivity contribution in [3.05, 3.63) is 45.6 Å². The van der Waals surface area contributed by atoms with Crippen LogP contribution in [0.4, 0.5) is 5.69 Å². The molecule has 0 aliphatic carbocycles. The molecular formula is C15H18ClN3O3S2. The van der Waals surface area contributed by atoms with Crippen molar-refractivity contribution in [2.75, 3.05) is 18.4 Å². The number of thiophene rings is 1. The molecule has 1 aromatic heterocycles. The summed E-state index contributed by atoms with van der Waals surface area (Å²) in [7, 11) is -3.63. The number of carbonyl (C=O) groups is 1. The first-order valence-electron chi connectivity index (χ1n) is 7.24. The Bertz CT molecular complexity index is 806. The summed E-state index contributed by atoms with van der Waals surface area (Å²) in [6.07, 6.45) is 0.874. The Morgan fingerprint density at radius 3 is 2.71 bits per heavy atom. The van der Waals surface area contributed by atoms with E-state index in [1.165, 1.54) is 23.5 Å². The first kappa shape index (κ1) is 18.9. The molecule has 130 valence electrons. The number of sulfonamides is 1. The van der Waals surface area contributed by atoms with Gasteiger partial charge in [0.15, 0.2) is 0 Å². The molecule has 6 nitrogen and oxygen atoms in total. The minimum atomic E-state index is -3.63. The summed E-state index contributed by atoms with van der Waals surface area (Å²) in [6, 6.07) is 9.77. The zero-order valence-electron chi connectivity index (χ0n) is 12.8. The molecule has 24 heavy (non-hydrogen) atoms. The van der Waals surface area contributed by atoms with E-state index < -0.39 is 10.0 Å². The Labute approximate surface area is 150 Å². The SMILES string of the molecule is NCCNS(=O)(=O)c1cccc(NC(=O)CCc2ccc(Cl)s2)c1. The lowest BCUT2D eigenvalue weighted by atomic mass is 10.2. The van der Waals surface area contributed by atoms with Gasteiger partial charge in [0.25, 0.3) is 0 Å². The number of anilines is 1. The lowest BCUT2D eigenvalue weighted by Gasteiger charge is -2.09. The molecule has 0 unspecified atom stereocenters. The Balaban J connectivity index is 1.97. The van der Waals surface area contributed by atoms with Crippen LogP contribution in [0.25, 0.3) is 0 Å². The molecule has 0 aliphatic heterocycles. The van der Waals surface area contributed by atoms with Gasteiger partial charge in [0.05, 0.1) is 9.23 Å². The molecule has 9 heteroatoms. The van der Waals surface area contributed by atoms with Crippen molar-refractivity contribution in [1.29, 1.82) is 0 Å². The zero-order chi connectivity index (χ0) is 17.6. The maximum Gasteiger partial charge on any atom is 0.240 e. The van der Waals surface area contributed by atoms with Crippen LogP contribution < -0.4 is 15.8 Å². The highest BCUT2D eigenvalue weighted by molar-refractivity contribution is 7.89. The van der Waals surface area contributed by atoms with Crippen molar-refractivity contribution < 1.29 is 13.2 Å². The van der Waals surface area contributed by atoms with Crippen LogP contribution in [0.5, 0.6) is 0 Å². The fourth-order valence-electron chi connectivity index (χ4n) is 1.96. The van der Waals surface area contributed by atoms with Gasteiger partial charge in [-0.15, -0.1) is 11.3 Å². The Morgan fingerprint density at radius 2 is 2.04 bits per heavy atom. The third-order valence-electron chi connectivity index (χ3n) is 3.09. The number of hydrogen-bond donors (Lipinski definition) is 3. The van der Waals surface area contributed by atoms with Crippen molar-refractivity contribution in [3.63, 3.8) is 0 Å². The first-order chi connectivity index (χ1) is 11.4. The van der Waals surface area contributed by atoms with Crippen LogP contribution in [0, 0.1) is 0 Å². The van der Waals surface area contributed by atoms with Crippen LogP contribution in [-0.2, 0) is 21.2 Å². The standard InChI is InChI=1S/C15H18ClN3O3S2/c16-14-6-4-12(23-14)5-7-15(20)19-11-2-1-3-13(10-11)24(21,22)18-9-8-17/h1-4,6,10,18H,5,7-9,17H2,(H,19,20). The molecule has 0 spiro atoms. The minimum absolute atomic E-state index is 0.0822. The van der Waals surface area contributed by atoms with Crippen LogP contribution in [0.15, 0.2) is 41.3 Å². The summed E-state index contributed by atoms with van der Waals surface area (Å²) in [5.41, 5.74) is 5.73. The highest BCUT2D eigenvalue weighted by atomic mass is 35.5. The number of hydrogen-bond acceptors (Lipinski definition) is 5. The van der Waals surface area contributed by atoms with Crippen LogP contribution >= 0.6 is 22.9 Å². The second-order valence-electron chi connectivity index (χ2n) is 4.97. The van der Waals surface area contributed by atoms with Crippen molar-refractivity contribution in [2.24, 2.45) is 5.73 Å². The van der Waals surface area contributed by atoms with Gasteiger partial charge in [-0.1, -0.05) is 17.7 Å². The lowest BCUT2D eigenvalue weighted by molar-refractivity contribution is -0.116. The number of aryl methyl sites for hydroxylation is 1. The van der Waals surface area contributed by atoms with Crippen molar-refractivity contribution >= 4 is 44.6 Å². The van der Waals surface area contributed by atoms with E-state index in [2.05, 4.69) is 10.0 Å². The number of nitrogens with one attached hydrogen (secondary N) is 2. The number of halogens is 1. The number of amides is 1. The largest absolute Gasteiger partial charge is 0.329 e. The summed E-state index contributed by atoms with van der Waals surface area (Å²) in [5.74, 6) is -0.191. The third-order valence-corrected chi connectivity index (χ3v) is 5.84. The quantitative estimate of drug-likeness (QED) is 0.646. The summed E-state index contributed by atoms with van der Waals surface area (Å²) < 4.78 is 27.2. The highest BCUT2D eigenvalue weighted by Crippen LogP contribution is 2.22. The van der Waals surface area contributed by atoms with Crippen molar-refractivity contribution in [3.8, 4) is 0 Å². The smallest absolute Gasteiger partial charge is 0.240 e. The molecule has 0 radical (unpaired) electrons. The Kier molecular flexibility index (Phi) is 6.76. The maximum absolute atomic E-state index is 12.1. The van der Waals surface area contributed by atoms with E-state index in [1.54, 1.807) is 18.2 Å². The lowest BCUT2D eigenvalue weighted by Crippen LogP contribution is -2.29. The predicted molar refractivity (Wildman–Crippen MR) is 97.0 cm³/mol. The number of carbonyl (C=O) groups excluding carboxylic acids is 1. The van der Waals surface area contributed by atoms with E-state index in [4.69, 9.17) is 17.3 Å². The number of rotatable bonds is 8. The van der Waals surface area contributed by atoms with Crippen LogP contribution in [-0.4, -0.2) is 27.4 Å². The molecule has 0 fully saturated rings. The van der Waals surface area contributed by atoms with Gasteiger partial charge in [0, 0.05) is 30.1 Å². The van der Waals surface area contributed by atoms with Crippen LogP contribution in [0.1, 0.15) is 11.3 Å². The molecule has 0 bridgehead atoms. The summed E-state index contributed by atoms with van der Waals surface area (Å²) in [6.45, 7) is 0.366. The van der Waals surface area contributed by atoms with E-state index in [0.29, 0.717) is 22.9 Å². The van der Waals surface area contributed by atoms with E-state index >= 15 is 0 Å². The Hall–Kier alpha value is -1.45. The van der Waals surface area contributed by atoms with E-state index in [-0.39, 0.29) is 23.9 Å². The number of benzene rings is 1. The molecule has 0 saturated heterocycles. The molecule has 2 rings (SSSR count). The average Bonchev–Trinajstić information content (AvgIpc) is 2.97. The summed E-state index contributed by atoms with van der Waals surface area (Å²) in [5, 5.41) is 2.70. The second kappa shape index (κ2) is 8.59. The molecular weight excluding hydrogens is 370 g/mol. The second-order valence-corrected chi connectivity index (χ2v) is 8.53. The molecule has 1 heterocycles. The van der Waals surface area contributed by atoms with E-state index in [1.807, 2.05) is 6.07 Å². The van der Waals surface area contributed by atoms with Crippen LogP contribution in [0.2, 0.25) is 4.34 Å². The predicted octanol–water partition coefficient (Wildman–Crippen LogP) is 2.21. The van der Waals surface area contributed by atoms with Crippen LogP contribution in [0.3, 0.4) is 0 Å². The minimum Gasteiger partial charge on any atom is -0.329 e. The summed E-state index contributed by atoms with van der Waals surface area (Å²) >= 11 is 7.29. The fraction of sp³-hybridized carbons (Fsp3) is 0.267. The van der Waals surface area contributed by atoms with Gasteiger partial charge in [-0.25, -0.2) is 13.1 Å². The zero-order valence-corrected chi connectivity index (χ0v) is 15.2. The van der Waals surface area contributed by atoms with E-state index in [0.717, 1.165) is 4.88 Å². The maximum atomic E-state index is 12.1. The monoisotopic (exact) mass is 387 g/mol. The highest BCUT2D eigenvalue weighted by Gasteiger charge is 2.14. The van der Waals surface area contributed by atoms with Crippen molar-refractivity contribution in [1.82, 2.24) is 4.72 Å². The third kappa shape index (κ3) is 5.57. The fourth-order valence-corrected chi connectivity index (χ4v) is 4.14. The number of nitrogens with two attached hydrogens (primary N) is 1. The molecule has 4 N–H and O–H groups in total. The van der Waals surface area contributed by atoms with Gasteiger partial charge in [-0.05, 0) is 36.8 Å². The first-order valence-corrected chi connectivity index (χ1v) is 9.92. The van der Waals surface area contributed by atoms with Gasteiger partial charge >= 0.3 is 0 Å². The average molecular weight is 388 g/mol. The molecule has 2 aromatic rings. The van der Waals surface area contributed by atoms with E-state index in [9.17, 15) is 13.2 Å². The van der Waals surface area contributed by atoms with Gasteiger partial charge in [0.1, 0.15) is 0 Å². The molecule has 0 atom stereocenters. The van der Waals surface area contributed by atoms with Crippen molar-refractivity contribution in [2.45, 2.75) is 17.7 Å². The normalized spacial score (nSPS) is 11.4. The molecule has 0 aliphatic rings.